The molecule has 3 rings (SSSR count). The van der Waals surface area contributed by atoms with Gasteiger partial charge in [-0.1, -0.05) is 12.0 Å². The zero-order valence-electron chi connectivity index (χ0n) is 11.2. The van der Waals surface area contributed by atoms with E-state index in [0.717, 1.165) is 17.7 Å². The quantitative estimate of drug-likeness (QED) is 0.886. The average Bonchev–Trinajstić information content (AvgIpc) is 2.94. The highest BCUT2D eigenvalue weighted by molar-refractivity contribution is 7.92. The minimum atomic E-state index is -3.63. The molecule has 2 aromatic carbocycles. The van der Waals surface area contributed by atoms with Gasteiger partial charge in [-0.15, -0.1) is 6.42 Å². The summed E-state index contributed by atoms with van der Waals surface area (Å²) in [6.45, 7) is 0.594. The molecule has 0 fully saturated rings. The number of benzene rings is 2. The number of hydrogen-bond donors (Lipinski definition) is 1. The fraction of sp³-hybridized carbons (Fsp3) is 0.125. The number of sulfonamides is 1. The average molecular weight is 299 g/mol. The fourth-order valence-electron chi connectivity index (χ4n) is 2.22. The van der Waals surface area contributed by atoms with Crippen molar-refractivity contribution in [1.29, 1.82) is 0 Å². The molecule has 0 saturated heterocycles. The van der Waals surface area contributed by atoms with Crippen LogP contribution in [0.2, 0.25) is 0 Å². The lowest BCUT2D eigenvalue weighted by Gasteiger charge is -2.09. The predicted molar refractivity (Wildman–Crippen MR) is 80.8 cm³/mol. The van der Waals surface area contributed by atoms with Gasteiger partial charge in [0.1, 0.15) is 5.75 Å². The smallest absolute Gasteiger partial charge is 0.261 e. The van der Waals surface area contributed by atoms with Gasteiger partial charge in [-0.3, -0.25) is 4.72 Å². The maximum atomic E-state index is 12.4. The van der Waals surface area contributed by atoms with Crippen LogP contribution in [0.4, 0.5) is 5.69 Å². The Morgan fingerprint density at radius 2 is 2.05 bits per heavy atom. The second-order valence-electron chi connectivity index (χ2n) is 4.70. The van der Waals surface area contributed by atoms with E-state index in [2.05, 4.69) is 10.6 Å². The Labute approximate surface area is 123 Å². The molecule has 21 heavy (non-hydrogen) atoms. The first-order valence-corrected chi connectivity index (χ1v) is 7.92. The van der Waals surface area contributed by atoms with Crippen LogP contribution >= 0.6 is 0 Å². The molecule has 0 amide bonds. The van der Waals surface area contributed by atoms with Gasteiger partial charge in [0.25, 0.3) is 10.0 Å². The van der Waals surface area contributed by atoms with Crippen LogP contribution in [0.1, 0.15) is 11.1 Å². The van der Waals surface area contributed by atoms with Crippen LogP contribution in [-0.4, -0.2) is 15.0 Å². The van der Waals surface area contributed by atoms with Crippen molar-refractivity contribution in [2.45, 2.75) is 11.3 Å². The van der Waals surface area contributed by atoms with E-state index in [4.69, 9.17) is 11.2 Å². The van der Waals surface area contributed by atoms with E-state index >= 15 is 0 Å². The van der Waals surface area contributed by atoms with Crippen molar-refractivity contribution in [3.05, 3.63) is 53.6 Å². The van der Waals surface area contributed by atoms with Crippen LogP contribution in [0.25, 0.3) is 0 Å². The highest BCUT2D eigenvalue weighted by atomic mass is 32.2. The number of hydrogen-bond acceptors (Lipinski definition) is 3. The molecule has 106 valence electrons. The monoisotopic (exact) mass is 299 g/mol. The summed E-state index contributed by atoms with van der Waals surface area (Å²) in [5, 5.41) is 0. The first-order valence-electron chi connectivity index (χ1n) is 6.44. The highest BCUT2D eigenvalue weighted by Crippen LogP contribution is 2.28. The standard InChI is InChI=1S/C16H13NO3S/c1-2-12-4-3-5-14(10-12)17-21(18,19)15-6-7-16-13(11-15)8-9-20-16/h1,3-7,10-11,17H,8-9H2. The van der Waals surface area contributed by atoms with Crippen LogP contribution < -0.4 is 9.46 Å². The Hall–Kier alpha value is -2.45. The molecule has 1 aliphatic heterocycles. The van der Waals surface area contributed by atoms with Gasteiger partial charge in [-0.25, -0.2) is 8.42 Å². The Kier molecular flexibility index (Phi) is 3.32. The molecule has 0 atom stereocenters. The third-order valence-corrected chi connectivity index (χ3v) is 4.63. The van der Waals surface area contributed by atoms with Crippen molar-refractivity contribution in [2.24, 2.45) is 0 Å². The third kappa shape index (κ3) is 2.71. The number of rotatable bonds is 3. The molecule has 0 radical (unpaired) electrons. The van der Waals surface area contributed by atoms with Crippen LogP contribution in [0.15, 0.2) is 47.4 Å². The zero-order valence-corrected chi connectivity index (χ0v) is 12.0. The summed E-state index contributed by atoms with van der Waals surface area (Å²) >= 11 is 0. The van der Waals surface area contributed by atoms with Crippen molar-refractivity contribution in [3.63, 3.8) is 0 Å². The van der Waals surface area contributed by atoms with Crippen molar-refractivity contribution >= 4 is 15.7 Å². The van der Waals surface area contributed by atoms with Gasteiger partial charge < -0.3 is 4.74 Å². The van der Waals surface area contributed by atoms with Gasteiger partial charge in [0.15, 0.2) is 0 Å². The second-order valence-corrected chi connectivity index (χ2v) is 6.38. The molecule has 0 saturated carbocycles. The topological polar surface area (TPSA) is 55.4 Å². The molecule has 0 bridgehead atoms. The summed E-state index contributed by atoms with van der Waals surface area (Å²) in [7, 11) is -3.63. The molecule has 0 aromatic heterocycles. The lowest BCUT2D eigenvalue weighted by molar-refractivity contribution is 0.356. The summed E-state index contributed by atoms with van der Waals surface area (Å²) in [5.74, 6) is 3.23. The molecule has 4 nitrogen and oxygen atoms in total. The van der Waals surface area contributed by atoms with Crippen LogP contribution in [-0.2, 0) is 16.4 Å². The van der Waals surface area contributed by atoms with Crippen LogP contribution in [0, 0.1) is 12.3 Å². The Morgan fingerprint density at radius 3 is 2.86 bits per heavy atom. The van der Waals surface area contributed by atoms with Crippen molar-refractivity contribution in [3.8, 4) is 18.1 Å². The van der Waals surface area contributed by atoms with Crippen LogP contribution in [0.3, 0.4) is 0 Å². The lowest BCUT2D eigenvalue weighted by Crippen LogP contribution is -2.13. The number of fused-ring (bicyclic) bond motifs is 1. The van der Waals surface area contributed by atoms with Gasteiger partial charge in [-0.05, 0) is 42.0 Å². The Balaban J connectivity index is 1.92. The van der Waals surface area contributed by atoms with E-state index in [1.54, 1.807) is 36.4 Å². The molecule has 1 heterocycles. The number of terminal acetylenes is 1. The molecule has 1 aliphatic rings. The summed E-state index contributed by atoms with van der Waals surface area (Å²) < 4.78 is 32.7. The van der Waals surface area contributed by atoms with Crippen LogP contribution in [0.5, 0.6) is 5.75 Å². The van der Waals surface area contributed by atoms with Gasteiger partial charge in [0, 0.05) is 12.0 Å². The van der Waals surface area contributed by atoms with E-state index in [0.29, 0.717) is 17.9 Å². The summed E-state index contributed by atoms with van der Waals surface area (Å²) in [5.41, 5.74) is 1.98. The maximum Gasteiger partial charge on any atom is 0.261 e. The normalized spacial score (nSPS) is 13.1. The molecule has 0 aliphatic carbocycles. The van der Waals surface area contributed by atoms with E-state index in [-0.39, 0.29) is 4.90 Å². The zero-order chi connectivity index (χ0) is 14.9. The van der Waals surface area contributed by atoms with E-state index in [1.165, 1.54) is 6.07 Å². The second kappa shape index (κ2) is 5.15. The van der Waals surface area contributed by atoms with Gasteiger partial charge >= 0.3 is 0 Å². The SMILES string of the molecule is C#Cc1cccc(NS(=O)(=O)c2ccc3c(c2)CCO3)c1. The van der Waals surface area contributed by atoms with E-state index < -0.39 is 10.0 Å². The Morgan fingerprint density at radius 1 is 1.19 bits per heavy atom. The molecular formula is C16H13NO3S. The summed E-state index contributed by atoms with van der Waals surface area (Å²) in [6.07, 6.45) is 6.04. The van der Waals surface area contributed by atoms with Crippen molar-refractivity contribution in [1.82, 2.24) is 0 Å². The van der Waals surface area contributed by atoms with E-state index in [1.807, 2.05) is 0 Å². The van der Waals surface area contributed by atoms with Gasteiger partial charge in [0.05, 0.1) is 17.2 Å². The summed E-state index contributed by atoms with van der Waals surface area (Å²) in [4.78, 5) is 0.220. The first kappa shape index (κ1) is 13.5. The number of nitrogens with one attached hydrogen (secondary N) is 1. The molecule has 0 spiro atoms. The minimum absolute atomic E-state index is 0.220. The Bertz CT molecular complexity index is 835. The van der Waals surface area contributed by atoms with Gasteiger partial charge in [-0.2, -0.15) is 0 Å². The molecular weight excluding hydrogens is 286 g/mol. The number of ether oxygens (including phenoxy) is 1. The predicted octanol–water partition coefficient (Wildman–Crippen LogP) is 2.40. The summed E-state index contributed by atoms with van der Waals surface area (Å²) in [6, 6.07) is 11.6. The molecule has 1 N–H and O–H groups in total. The van der Waals surface area contributed by atoms with E-state index in [9.17, 15) is 8.42 Å². The molecule has 0 unspecified atom stereocenters. The number of anilines is 1. The molecule has 2 aromatic rings. The largest absolute Gasteiger partial charge is 0.493 e. The lowest BCUT2D eigenvalue weighted by atomic mass is 10.2. The highest BCUT2D eigenvalue weighted by Gasteiger charge is 2.19. The minimum Gasteiger partial charge on any atom is -0.493 e. The fourth-order valence-corrected chi connectivity index (χ4v) is 3.32. The third-order valence-electron chi connectivity index (χ3n) is 3.25. The molecule has 5 heteroatoms. The maximum absolute atomic E-state index is 12.4. The van der Waals surface area contributed by atoms with Crippen molar-refractivity contribution < 1.29 is 13.2 Å². The van der Waals surface area contributed by atoms with Gasteiger partial charge in [0.2, 0.25) is 0 Å². The van der Waals surface area contributed by atoms with Crippen molar-refractivity contribution in [2.75, 3.05) is 11.3 Å². The first-order chi connectivity index (χ1) is 10.1.